The summed E-state index contributed by atoms with van der Waals surface area (Å²) in [5.74, 6) is -1.08. The summed E-state index contributed by atoms with van der Waals surface area (Å²) < 4.78 is 10.0. The summed E-state index contributed by atoms with van der Waals surface area (Å²) in [5, 5.41) is 0. The van der Waals surface area contributed by atoms with Crippen molar-refractivity contribution >= 4 is 11.9 Å². The lowest BCUT2D eigenvalue weighted by molar-refractivity contribution is -0.168. The zero-order valence-corrected chi connectivity index (χ0v) is 9.66. The van der Waals surface area contributed by atoms with Crippen molar-refractivity contribution in [1.29, 1.82) is 0 Å². The van der Waals surface area contributed by atoms with E-state index in [0.717, 1.165) is 38.2 Å². The van der Waals surface area contributed by atoms with Crippen LogP contribution in [0, 0.1) is 0 Å². The van der Waals surface area contributed by atoms with Gasteiger partial charge in [-0.15, -0.1) is 0 Å². The number of ether oxygens (including phenoxy) is 2. The van der Waals surface area contributed by atoms with Crippen LogP contribution in [0.1, 0.15) is 39.0 Å². The Bertz CT molecular complexity index is 277. The lowest BCUT2D eigenvalue weighted by Gasteiger charge is -2.27. The highest BCUT2D eigenvalue weighted by Gasteiger charge is 2.35. The van der Waals surface area contributed by atoms with Crippen LogP contribution >= 0.6 is 0 Å². The van der Waals surface area contributed by atoms with Crippen molar-refractivity contribution < 1.29 is 19.1 Å². The van der Waals surface area contributed by atoms with Crippen LogP contribution < -0.4 is 0 Å². The Morgan fingerprint density at radius 1 is 1.38 bits per heavy atom. The van der Waals surface area contributed by atoms with Gasteiger partial charge in [0.15, 0.2) is 6.61 Å². The first-order valence-corrected chi connectivity index (χ1v) is 5.63. The zero-order chi connectivity index (χ0) is 12.0. The van der Waals surface area contributed by atoms with E-state index < -0.39 is 11.9 Å². The van der Waals surface area contributed by atoms with E-state index in [1.165, 1.54) is 0 Å². The maximum atomic E-state index is 11.4. The largest absolute Gasteiger partial charge is 0.457 e. The molecule has 16 heavy (non-hydrogen) atoms. The Hall–Kier alpha value is -1.32. The van der Waals surface area contributed by atoms with Crippen LogP contribution in [0.25, 0.3) is 0 Å². The van der Waals surface area contributed by atoms with Gasteiger partial charge in [0.05, 0.1) is 0 Å². The van der Waals surface area contributed by atoms with E-state index in [1.807, 2.05) is 6.92 Å². The normalized spacial score (nSPS) is 17.8. The van der Waals surface area contributed by atoms with Gasteiger partial charge in [-0.1, -0.05) is 13.5 Å². The van der Waals surface area contributed by atoms with Gasteiger partial charge in [0.25, 0.3) is 0 Å². The third kappa shape index (κ3) is 3.36. The standard InChI is InChI=1S/C12H18O4/c1-3-10(13)15-9-11(14)16-12(4-2)7-5-6-8-12/h3H,1,4-9H2,2H3. The molecule has 1 aliphatic rings. The summed E-state index contributed by atoms with van der Waals surface area (Å²) in [6.07, 6.45) is 5.84. The molecule has 0 aromatic carbocycles. The Labute approximate surface area is 95.6 Å². The third-order valence-corrected chi connectivity index (χ3v) is 2.99. The second-order valence-electron chi connectivity index (χ2n) is 4.03. The maximum Gasteiger partial charge on any atom is 0.344 e. The number of hydrogen-bond donors (Lipinski definition) is 0. The lowest BCUT2D eigenvalue weighted by Crippen LogP contribution is -2.33. The quantitative estimate of drug-likeness (QED) is 0.531. The third-order valence-electron chi connectivity index (χ3n) is 2.99. The van der Waals surface area contributed by atoms with E-state index in [-0.39, 0.29) is 12.2 Å². The van der Waals surface area contributed by atoms with Gasteiger partial charge < -0.3 is 9.47 Å². The molecule has 0 heterocycles. The van der Waals surface area contributed by atoms with Gasteiger partial charge in [-0.3, -0.25) is 0 Å². The molecule has 0 spiro atoms. The molecular weight excluding hydrogens is 208 g/mol. The fourth-order valence-electron chi connectivity index (χ4n) is 2.01. The van der Waals surface area contributed by atoms with Crippen molar-refractivity contribution in [2.24, 2.45) is 0 Å². The van der Waals surface area contributed by atoms with Gasteiger partial charge >= 0.3 is 11.9 Å². The topological polar surface area (TPSA) is 52.6 Å². The number of esters is 2. The summed E-state index contributed by atoms with van der Waals surface area (Å²) in [6.45, 7) is 4.93. The molecule has 0 radical (unpaired) electrons. The molecule has 0 saturated heterocycles. The second kappa shape index (κ2) is 5.68. The molecule has 1 fully saturated rings. The predicted molar refractivity (Wildman–Crippen MR) is 58.7 cm³/mol. The molecule has 1 rings (SSSR count). The Morgan fingerprint density at radius 3 is 2.50 bits per heavy atom. The van der Waals surface area contributed by atoms with Crippen molar-refractivity contribution in [3.63, 3.8) is 0 Å². The van der Waals surface area contributed by atoms with Crippen molar-refractivity contribution in [2.45, 2.75) is 44.6 Å². The Kier molecular flexibility index (Phi) is 4.52. The van der Waals surface area contributed by atoms with Gasteiger partial charge in [-0.2, -0.15) is 0 Å². The fraction of sp³-hybridized carbons (Fsp3) is 0.667. The van der Waals surface area contributed by atoms with Crippen LogP contribution in [0.3, 0.4) is 0 Å². The fourth-order valence-corrected chi connectivity index (χ4v) is 2.01. The van der Waals surface area contributed by atoms with Crippen molar-refractivity contribution in [3.05, 3.63) is 12.7 Å². The predicted octanol–water partition coefficient (Wildman–Crippen LogP) is 1.98. The molecule has 1 saturated carbocycles. The smallest absolute Gasteiger partial charge is 0.344 e. The molecule has 90 valence electrons. The molecule has 0 N–H and O–H groups in total. The minimum Gasteiger partial charge on any atom is -0.457 e. The molecule has 0 unspecified atom stereocenters. The Morgan fingerprint density at radius 2 is 2.00 bits per heavy atom. The molecule has 0 aromatic heterocycles. The van der Waals surface area contributed by atoms with Gasteiger partial charge in [0, 0.05) is 6.08 Å². The SMILES string of the molecule is C=CC(=O)OCC(=O)OC1(CC)CCCC1. The molecule has 0 aliphatic heterocycles. The van der Waals surface area contributed by atoms with Gasteiger partial charge in [-0.05, 0) is 32.1 Å². The minimum absolute atomic E-state index is 0.322. The van der Waals surface area contributed by atoms with Crippen LogP contribution in [0.5, 0.6) is 0 Å². The number of hydrogen-bond acceptors (Lipinski definition) is 4. The monoisotopic (exact) mass is 226 g/mol. The first kappa shape index (κ1) is 12.7. The van der Waals surface area contributed by atoms with Crippen LogP contribution in [-0.4, -0.2) is 24.1 Å². The van der Waals surface area contributed by atoms with Gasteiger partial charge in [0.1, 0.15) is 5.60 Å². The molecule has 1 aliphatic carbocycles. The van der Waals surface area contributed by atoms with Crippen molar-refractivity contribution in [1.82, 2.24) is 0 Å². The van der Waals surface area contributed by atoms with Crippen molar-refractivity contribution in [2.75, 3.05) is 6.61 Å². The van der Waals surface area contributed by atoms with Crippen LogP contribution in [-0.2, 0) is 19.1 Å². The van der Waals surface area contributed by atoms with Crippen LogP contribution in [0.2, 0.25) is 0 Å². The zero-order valence-electron chi connectivity index (χ0n) is 9.66. The first-order valence-electron chi connectivity index (χ1n) is 5.63. The van der Waals surface area contributed by atoms with E-state index in [1.54, 1.807) is 0 Å². The Balaban J connectivity index is 2.37. The maximum absolute atomic E-state index is 11.4. The average molecular weight is 226 g/mol. The van der Waals surface area contributed by atoms with Crippen molar-refractivity contribution in [3.8, 4) is 0 Å². The van der Waals surface area contributed by atoms with E-state index in [9.17, 15) is 9.59 Å². The summed E-state index contributed by atoms with van der Waals surface area (Å²) in [4.78, 5) is 22.2. The van der Waals surface area contributed by atoms with E-state index >= 15 is 0 Å². The molecule has 4 nitrogen and oxygen atoms in total. The van der Waals surface area contributed by atoms with E-state index in [0.29, 0.717) is 0 Å². The van der Waals surface area contributed by atoms with Crippen LogP contribution in [0.4, 0.5) is 0 Å². The van der Waals surface area contributed by atoms with Crippen LogP contribution in [0.15, 0.2) is 12.7 Å². The lowest BCUT2D eigenvalue weighted by atomic mass is 9.99. The highest BCUT2D eigenvalue weighted by molar-refractivity contribution is 5.83. The first-order chi connectivity index (χ1) is 7.62. The molecule has 0 amide bonds. The number of carbonyl (C=O) groups is 2. The highest BCUT2D eigenvalue weighted by atomic mass is 16.6. The molecule has 0 aromatic rings. The molecule has 4 heteroatoms. The summed E-state index contributed by atoms with van der Waals surface area (Å²) >= 11 is 0. The van der Waals surface area contributed by atoms with Gasteiger partial charge in [-0.25, -0.2) is 9.59 Å². The number of rotatable bonds is 5. The summed E-state index contributed by atoms with van der Waals surface area (Å²) in [7, 11) is 0. The minimum atomic E-state index is -0.603. The summed E-state index contributed by atoms with van der Waals surface area (Å²) in [5.41, 5.74) is -0.322. The molecular formula is C12H18O4. The number of carbonyl (C=O) groups excluding carboxylic acids is 2. The average Bonchev–Trinajstić information content (AvgIpc) is 2.75. The molecule has 0 atom stereocenters. The summed E-state index contributed by atoms with van der Waals surface area (Å²) in [6, 6.07) is 0. The highest BCUT2D eigenvalue weighted by Crippen LogP contribution is 2.35. The second-order valence-corrected chi connectivity index (χ2v) is 4.03. The van der Waals surface area contributed by atoms with Gasteiger partial charge in [0.2, 0.25) is 0 Å². The van der Waals surface area contributed by atoms with E-state index in [2.05, 4.69) is 11.3 Å². The van der Waals surface area contributed by atoms with E-state index in [4.69, 9.17) is 4.74 Å². The molecule has 0 bridgehead atoms.